The highest BCUT2D eigenvalue weighted by molar-refractivity contribution is 6.34. The van der Waals surface area contributed by atoms with E-state index in [1.165, 1.54) is 13.1 Å². The number of anilines is 1. The Morgan fingerprint density at radius 1 is 1.21 bits per heavy atom. The van der Waals surface area contributed by atoms with Crippen molar-refractivity contribution in [3.8, 4) is 0 Å². The molecule has 0 aromatic heterocycles. The first kappa shape index (κ1) is 16.4. The fraction of sp³-hybridized carbons (Fsp3) is 0.421. The summed E-state index contributed by atoms with van der Waals surface area (Å²) in [6.45, 7) is 8.32. The summed E-state index contributed by atoms with van der Waals surface area (Å²) in [5.41, 5.74) is 2.32. The van der Waals surface area contributed by atoms with E-state index in [0.717, 1.165) is 16.2 Å². The first-order valence-electron chi connectivity index (χ1n) is 8.12. The molecular weight excluding hydrogens is 304 g/mol. The molecule has 2 heterocycles. The van der Waals surface area contributed by atoms with Crippen LogP contribution in [-0.4, -0.2) is 36.2 Å². The monoisotopic (exact) mass is 326 g/mol. The Balaban J connectivity index is 2.16. The van der Waals surface area contributed by atoms with Crippen molar-refractivity contribution >= 4 is 29.0 Å². The van der Waals surface area contributed by atoms with Crippen molar-refractivity contribution in [2.75, 3.05) is 18.5 Å². The lowest BCUT2D eigenvalue weighted by molar-refractivity contribution is -0.134. The average molecular weight is 326 g/mol. The van der Waals surface area contributed by atoms with E-state index in [4.69, 9.17) is 0 Å². The average Bonchev–Trinajstić information content (AvgIpc) is 2.98. The van der Waals surface area contributed by atoms with Crippen molar-refractivity contribution in [3.63, 3.8) is 0 Å². The van der Waals surface area contributed by atoms with Crippen molar-refractivity contribution in [3.05, 3.63) is 35.4 Å². The summed E-state index contributed by atoms with van der Waals surface area (Å²) in [4.78, 5) is 40.0. The molecule has 0 bridgehead atoms. The van der Waals surface area contributed by atoms with Crippen LogP contribution in [0.25, 0.3) is 5.57 Å². The van der Waals surface area contributed by atoms with Gasteiger partial charge in [-0.2, -0.15) is 0 Å². The van der Waals surface area contributed by atoms with Crippen molar-refractivity contribution in [2.45, 2.75) is 33.6 Å². The van der Waals surface area contributed by atoms with Gasteiger partial charge < -0.3 is 4.90 Å². The van der Waals surface area contributed by atoms with Crippen LogP contribution in [0, 0.1) is 5.41 Å². The second-order valence-corrected chi connectivity index (χ2v) is 7.57. The second-order valence-electron chi connectivity index (χ2n) is 7.57. The van der Waals surface area contributed by atoms with Crippen molar-refractivity contribution < 1.29 is 14.4 Å². The third-order valence-corrected chi connectivity index (χ3v) is 4.63. The molecule has 1 aromatic rings. The van der Waals surface area contributed by atoms with Crippen molar-refractivity contribution in [2.24, 2.45) is 5.41 Å². The molecule has 126 valence electrons. The highest BCUT2D eigenvalue weighted by Crippen LogP contribution is 2.43. The second kappa shape index (κ2) is 5.30. The highest BCUT2D eigenvalue weighted by Gasteiger charge is 2.39. The number of likely N-dealkylation sites (N-methyl/N-ethyl adjacent to an activating group) is 1. The molecule has 3 rings (SSSR count). The van der Waals surface area contributed by atoms with Gasteiger partial charge in [0.1, 0.15) is 0 Å². The van der Waals surface area contributed by atoms with E-state index in [2.05, 4.69) is 6.92 Å². The number of rotatable bonds is 1. The lowest BCUT2D eigenvalue weighted by Crippen LogP contribution is -2.39. The van der Waals surface area contributed by atoms with Gasteiger partial charge in [0.05, 0.1) is 11.3 Å². The zero-order chi connectivity index (χ0) is 17.8. The predicted octanol–water partition coefficient (Wildman–Crippen LogP) is 2.56. The minimum absolute atomic E-state index is 0.0197. The maximum absolute atomic E-state index is 12.9. The van der Waals surface area contributed by atoms with Crippen LogP contribution in [-0.2, 0) is 14.4 Å². The van der Waals surface area contributed by atoms with Crippen LogP contribution in [0.2, 0.25) is 0 Å². The number of imide groups is 1. The van der Waals surface area contributed by atoms with Crippen LogP contribution in [0.1, 0.15) is 44.7 Å². The van der Waals surface area contributed by atoms with E-state index in [1.54, 1.807) is 4.90 Å². The number of carbonyl (C=O) groups is 3. The molecule has 2 aliphatic rings. The normalized spacial score (nSPS) is 20.5. The van der Waals surface area contributed by atoms with E-state index in [0.29, 0.717) is 17.7 Å². The molecule has 24 heavy (non-hydrogen) atoms. The quantitative estimate of drug-likeness (QED) is 0.745. The largest absolute Gasteiger partial charge is 0.310 e. The van der Waals surface area contributed by atoms with Crippen LogP contribution in [0.5, 0.6) is 0 Å². The first-order chi connectivity index (χ1) is 11.1. The number of para-hydroxylation sites is 1. The van der Waals surface area contributed by atoms with Gasteiger partial charge in [-0.15, -0.1) is 0 Å². The summed E-state index contributed by atoms with van der Waals surface area (Å²) in [5, 5.41) is 0. The summed E-state index contributed by atoms with van der Waals surface area (Å²) in [6, 6.07) is 5.69. The maximum atomic E-state index is 12.9. The SMILES string of the molecule is CC1CN(C(=O)C(C)(C)C)c2c(C3=CC(=O)N(C)C3=O)cccc21. The lowest BCUT2D eigenvalue weighted by atomic mass is 9.93. The summed E-state index contributed by atoms with van der Waals surface area (Å²) < 4.78 is 0. The van der Waals surface area contributed by atoms with E-state index in [9.17, 15) is 14.4 Å². The first-order valence-corrected chi connectivity index (χ1v) is 8.12. The Morgan fingerprint density at radius 2 is 1.88 bits per heavy atom. The molecule has 0 N–H and O–H groups in total. The molecule has 3 amide bonds. The molecule has 0 aliphatic carbocycles. The van der Waals surface area contributed by atoms with E-state index in [1.807, 2.05) is 39.0 Å². The molecule has 0 saturated carbocycles. The van der Waals surface area contributed by atoms with Crippen LogP contribution in [0.15, 0.2) is 24.3 Å². The van der Waals surface area contributed by atoms with Gasteiger partial charge in [-0.05, 0) is 5.56 Å². The van der Waals surface area contributed by atoms with Gasteiger partial charge >= 0.3 is 0 Å². The van der Waals surface area contributed by atoms with E-state index in [-0.39, 0.29) is 23.6 Å². The van der Waals surface area contributed by atoms with Crippen LogP contribution < -0.4 is 4.90 Å². The molecule has 1 unspecified atom stereocenters. The predicted molar refractivity (Wildman–Crippen MR) is 92.4 cm³/mol. The van der Waals surface area contributed by atoms with Crippen LogP contribution in [0.4, 0.5) is 5.69 Å². The van der Waals surface area contributed by atoms with Gasteiger partial charge in [0.25, 0.3) is 11.8 Å². The van der Waals surface area contributed by atoms with Gasteiger partial charge in [0.2, 0.25) is 5.91 Å². The molecule has 0 radical (unpaired) electrons. The molecule has 1 aromatic carbocycles. The van der Waals surface area contributed by atoms with E-state index >= 15 is 0 Å². The van der Waals surface area contributed by atoms with Crippen LogP contribution in [0.3, 0.4) is 0 Å². The van der Waals surface area contributed by atoms with Crippen molar-refractivity contribution in [1.29, 1.82) is 0 Å². The molecule has 0 spiro atoms. The van der Waals surface area contributed by atoms with Crippen LogP contribution >= 0.6 is 0 Å². The van der Waals surface area contributed by atoms with Gasteiger partial charge in [-0.3, -0.25) is 19.3 Å². The Labute approximate surface area is 141 Å². The topological polar surface area (TPSA) is 57.7 Å². The summed E-state index contributed by atoms with van der Waals surface area (Å²) >= 11 is 0. The Morgan fingerprint density at radius 3 is 2.42 bits per heavy atom. The van der Waals surface area contributed by atoms with Gasteiger partial charge in [0, 0.05) is 36.6 Å². The number of hydrogen-bond donors (Lipinski definition) is 0. The number of carbonyl (C=O) groups excluding carboxylic acids is 3. The molecule has 1 atom stereocenters. The number of amides is 3. The minimum atomic E-state index is -0.519. The fourth-order valence-corrected chi connectivity index (χ4v) is 3.29. The smallest absolute Gasteiger partial charge is 0.261 e. The Kier molecular flexibility index (Phi) is 3.62. The molecule has 2 aliphatic heterocycles. The lowest BCUT2D eigenvalue weighted by Gasteiger charge is -2.28. The molecular formula is C19H22N2O3. The van der Waals surface area contributed by atoms with E-state index < -0.39 is 5.41 Å². The number of fused-ring (bicyclic) bond motifs is 1. The third-order valence-electron chi connectivity index (χ3n) is 4.63. The minimum Gasteiger partial charge on any atom is -0.310 e. The summed E-state index contributed by atoms with van der Waals surface area (Å²) in [6.07, 6.45) is 1.36. The maximum Gasteiger partial charge on any atom is 0.261 e. The van der Waals surface area contributed by atoms with Gasteiger partial charge in [0.15, 0.2) is 0 Å². The number of hydrogen-bond acceptors (Lipinski definition) is 3. The molecule has 0 fully saturated rings. The zero-order valence-corrected chi connectivity index (χ0v) is 14.7. The molecule has 5 nitrogen and oxygen atoms in total. The zero-order valence-electron chi connectivity index (χ0n) is 14.7. The van der Waals surface area contributed by atoms with Gasteiger partial charge in [-0.1, -0.05) is 45.9 Å². The molecule has 5 heteroatoms. The molecule has 0 saturated heterocycles. The fourth-order valence-electron chi connectivity index (χ4n) is 3.29. The summed E-state index contributed by atoms with van der Waals surface area (Å²) in [7, 11) is 1.47. The standard InChI is InChI=1S/C19H22N2O3/c1-11-10-21(18(24)19(2,3)4)16-12(11)7-6-8-13(16)14-9-15(22)20(5)17(14)23/h6-9,11H,10H2,1-5H3. The number of benzene rings is 1. The van der Waals surface area contributed by atoms with Crippen molar-refractivity contribution in [1.82, 2.24) is 4.90 Å². The highest BCUT2D eigenvalue weighted by atomic mass is 16.2. The summed E-state index contributed by atoms with van der Waals surface area (Å²) in [5.74, 6) is -0.438. The number of nitrogens with zero attached hydrogens (tertiary/aromatic N) is 2. The Hall–Kier alpha value is -2.43. The third kappa shape index (κ3) is 2.35. The van der Waals surface area contributed by atoms with Gasteiger partial charge in [-0.25, -0.2) is 0 Å². The Bertz CT molecular complexity index is 786.